The van der Waals surface area contributed by atoms with Gasteiger partial charge in [-0.3, -0.25) is 14.5 Å². The van der Waals surface area contributed by atoms with E-state index in [-0.39, 0.29) is 17.6 Å². The molecule has 1 aromatic heterocycles. The number of nitrogens with one attached hydrogen (secondary N) is 1. The Balaban J connectivity index is 2.48. The molecule has 2 rings (SSSR count). The van der Waals surface area contributed by atoms with Crippen molar-refractivity contribution in [2.75, 3.05) is 17.8 Å². The molecule has 164 valence electrons. The van der Waals surface area contributed by atoms with Crippen molar-refractivity contribution in [1.29, 1.82) is 0 Å². The number of carbonyl (C=O) groups excluding carboxylic acids is 2. The van der Waals surface area contributed by atoms with Crippen molar-refractivity contribution in [2.24, 2.45) is 11.7 Å². The molecule has 30 heavy (non-hydrogen) atoms. The van der Waals surface area contributed by atoms with Crippen molar-refractivity contribution in [2.45, 2.75) is 26.8 Å². The molecule has 0 atom stereocenters. The van der Waals surface area contributed by atoms with Gasteiger partial charge in [-0.1, -0.05) is 37.3 Å². The summed E-state index contributed by atoms with van der Waals surface area (Å²) in [6, 6.07) is 6.90. The first kappa shape index (κ1) is 24.3. The number of halogens is 1. The lowest BCUT2D eigenvalue weighted by atomic mass is 10.2. The van der Waals surface area contributed by atoms with E-state index in [2.05, 4.69) is 25.6 Å². The summed E-state index contributed by atoms with van der Waals surface area (Å²) < 4.78 is 31.5. The molecule has 0 aliphatic rings. The number of hydrogen-bond donors (Lipinski definition) is 2. The number of nitrogens with zero attached hydrogens (tertiary/aromatic N) is 2. The third-order valence-corrected chi connectivity index (χ3v) is 6.07. The molecule has 0 spiro atoms. The standard InChI is InChI=1S/C18H23BrN4O5S2/c1-11(2)10-28-14-7-5-4-6-13(14)23(16(25)8-15(20)24)18-22-12(17(19)29-18)9-21-30(3,26)27/h4-7,11,21H,8-10H2,1-3H3,(H2,20,24). The van der Waals surface area contributed by atoms with Gasteiger partial charge in [-0.05, 0) is 34.0 Å². The largest absolute Gasteiger partial charge is 0.491 e. The molecular formula is C18H23BrN4O5S2. The second-order valence-electron chi connectivity index (χ2n) is 6.85. The smallest absolute Gasteiger partial charge is 0.242 e. The van der Waals surface area contributed by atoms with Gasteiger partial charge in [0.2, 0.25) is 21.8 Å². The van der Waals surface area contributed by atoms with Crippen LogP contribution in [0.4, 0.5) is 10.8 Å². The van der Waals surface area contributed by atoms with Crippen molar-refractivity contribution >= 4 is 59.9 Å². The van der Waals surface area contributed by atoms with Crippen LogP contribution in [0.3, 0.4) is 0 Å². The summed E-state index contributed by atoms with van der Waals surface area (Å²) in [5.41, 5.74) is 6.05. The van der Waals surface area contributed by atoms with Crippen LogP contribution in [-0.4, -0.2) is 38.1 Å². The van der Waals surface area contributed by atoms with E-state index >= 15 is 0 Å². The minimum Gasteiger partial charge on any atom is -0.491 e. The third kappa shape index (κ3) is 7.04. The Morgan fingerprint density at radius 1 is 1.33 bits per heavy atom. The molecule has 0 unspecified atom stereocenters. The van der Waals surface area contributed by atoms with E-state index in [0.717, 1.165) is 17.6 Å². The van der Waals surface area contributed by atoms with Crippen LogP contribution in [-0.2, 0) is 26.2 Å². The van der Waals surface area contributed by atoms with Gasteiger partial charge >= 0.3 is 0 Å². The maximum absolute atomic E-state index is 12.9. The lowest BCUT2D eigenvalue weighted by Crippen LogP contribution is -2.30. The first-order valence-corrected chi connectivity index (χ1v) is 12.4. The van der Waals surface area contributed by atoms with Gasteiger partial charge in [0.15, 0.2) is 5.13 Å². The Bertz CT molecular complexity index is 1020. The van der Waals surface area contributed by atoms with Gasteiger partial charge in [0.05, 0.1) is 34.6 Å². The summed E-state index contributed by atoms with van der Waals surface area (Å²) in [6.07, 6.45) is 0.520. The summed E-state index contributed by atoms with van der Waals surface area (Å²) in [5.74, 6) is -0.645. The number of anilines is 2. The van der Waals surface area contributed by atoms with Crippen molar-refractivity contribution in [1.82, 2.24) is 9.71 Å². The Labute approximate surface area is 187 Å². The molecule has 0 saturated carbocycles. The summed E-state index contributed by atoms with van der Waals surface area (Å²) >= 11 is 4.48. The van der Waals surface area contributed by atoms with Gasteiger partial charge in [-0.15, -0.1) is 0 Å². The van der Waals surface area contributed by atoms with E-state index in [4.69, 9.17) is 10.5 Å². The monoisotopic (exact) mass is 518 g/mol. The van der Waals surface area contributed by atoms with Gasteiger partial charge < -0.3 is 10.5 Å². The van der Waals surface area contributed by atoms with Crippen molar-refractivity contribution in [3.05, 3.63) is 33.7 Å². The molecule has 1 heterocycles. The van der Waals surface area contributed by atoms with E-state index < -0.39 is 28.3 Å². The Morgan fingerprint density at radius 3 is 2.60 bits per heavy atom. The number of nitrogens with two attached hydrogens (primary N) is 1. The molecule has 0 saturated heterocycles. The molecule has 0 aliphatic heterocycles. The number of hydrogen-bond acceptors (Lipinski definition) is 7. The maximum Gasteiger partial charge on any atom is 0.242 e. The van der Waals surface area contributed by atoms with Gasteiger partial charge in [0.25, 0.3) is 0 Å². The average molecular weight is 519 g/mol. The number of para-hydroxylation sites is 2. The number of sulfonamides is 1. The molecule has 0 radical (unpaired) electrons. The highest BCUT2D eigenvalue weighted by molar-refractivity contribution is 9.11. The number of primary amides is 1. The molecule has 2 aromatic rings. The maximum atomic E-state index is 12.9. The van der Waals surface area contributed by atoms with Crippen molar-refractivity contribution in [3.8, 4) is 5.75 Å². The third-order valence-electron chi connectivity index (χ3n) is 3.58. The van der Waals surface area contributed by atoms with Crippen LogP contribution in [0.15, 0.2) is 28.1 Å². The summed E-state index contributed by atoms with van der Waals surface area (Å²) in [6.45, 7) is 4.37. The van der Waals surface area contributed by atoms with E-state index in [1.165, 1.54) is 4.90 Å². The minimum absolute atomic E-state index is 0.0563. The second kappa shape index (κ2) is 10.3. The second-order valence-corrected chi connectivity index (χ2v) is 11.0. The van der Waals surface area contributed by atoms with Crippen LogP contribution < -0.4 is 20.1 Å². The van der Waals surface area contributed by atoms with Gasteiger partial charge in [0, 0.05) is 0 Å². The molecule has 3 N–H and O–H groups in total. The number of benzene rings is 1. The van der Waals surface area contributed by atoms with E-state index in [9.17, 15) is 18.0 Å². The molecule has 2 amide bonds. The first-order chi connectivity index (χ1) is 14.0. The molecule has 0 aliphatic carbocycles. The number of amides is 2. The highest BCUT2D eigenvalue weighted by atomic mass is 79.9. The van der Waals surface area contributed by atoms with Crippen LogP contribution in [0.2, 0.25) is 0 Å². The summed E-state index contributed by atoms with van der Waals surface area (Å²) in [7, 11) is -3.42. The number of ether oxygens (including phenoxy) is 1. The van der Waals surface area contributed by atoms with E-state index in [0.29, 0.717) is 27.5 Å². The molecule has 1 aromatic carbocycles. The zero-order chi connectivity index (χ0) is 22.5. The fraction of sp³-hybridized carbons (Fsp3) is 0.389. The molecule has 9 nitrogen and oxygen atoms in total. The quantitative estimate of drug-likeness (QED) is 0.464. The Hall–Kier alpha value is -2.02. The molecule has 0 fully saturated rings. The topological polar surface area (TPSA) is 132 Å². The number of rotatable bonds is 10. The fourth-order valence-electron chi connectivity index (χ4n) is 2.32. The lowest BCUT2D eigenvalue weighted by molar-refractivity contribution is -0.125. The minimum atomic E-state index is -3.42. The van der Waals surface area contributed by atoms with E-state index in [1.54, 1.807) is 24.3 Å². The highest BCUT2D eigenvalue weighted by Crippen LogP contribution is 2.39. The molecule has 0 bridgehead atoms. The van der Waals surface area contributed by atoms with Crippen LogP contribution in [0.25, 0.3) is 0 Å². The Kier molecular flexibility index (Phi) is 8.35. The number of thiazole rings is 1. The summed E-state index contributed by atoms with van der Waals surface area (Å²) in [4.78, 5) is 30.0. The van der Waals surface area contributed by atoms with Crippen molar-refractivity contribution in [3.63, 3.8) is 0 Å². The van der Waals surface area contributed by atoms with Crippen molar-refractivity contribution < 1.29 is 22.7 Å². The van der Waals surface area contributed by atoms with E-state index in [1.807, 2.05) is 13.8 Å². The van der Waals surface area contributed by atoms with Gasteiger partial charge in [-0.2, -0.15) is 0 Å². The zero-order valence-electron chi connectivity index (χ0n) is 16.7. The average Bonchev–Trinajstić information content (AvgIpc) is 2.98. The predicted octanol–water partition coefficient (Wildman–Crippen LogP) is 2.53. The number of aromatic nitrogens is 1. The predicted molar refractivity (Wildman–Crippen MR) is 119 cm³/mol. The lowest BCUT2D eigenvalue weighted by Gasteiger charge is -2.22. The Morgan fingerprint density at radius 2 is 2.00 bits per heavy atom. The van der Waals surface area contributed by atoms with Gasteiger partial charge in [0.1, 0.15) is 12.2 Å². The van der Waals surface area contributed by atoms with Crippen LogP contribution in [0.1, 0.15) is 26.0 Å². The summed E-state index contributed by atoms with van der Waals surface area (Å²) in [5, 5.41) is 0.249. The normalized spacial score (nSPS) is 11.5. The van der Waals surface area contributed by atoms with Gasteiger partial charge in [-0.25, -0.2) is 18.1 Å². The highest BCUT2D eigenvalue weighted by Gasteiger charge is 2.27. The van der Waals surface area contributed by atoms with Crippen LogP contribution >= 0.6 is 27.3 Å². The van der Waals surface area contributed by atoms with Crippen LogP contribution in [0, 0.1) is 5.92 Å². The molecular weight excluding hydrogens is 496 g/mol. The SMILES string of the molecule is CC(C)COc1ccccc1N(C(=O)CC(N)=O)c1nc(CNS(C)(=O)=O)c(Br)s1. The first-order valence-electron chi connectivity index (χ1n) is 8.91. The zero-order valence-corrected chi connectivity index (χ0v) is 19.9. The fourth-order valence-corrected chi connectivity index (χ4v) is 4.22. The van der Waals surface area contributed by atoms with Crippen LogP contribution in [0.5, 0.6) is 5.75 Å². The number of carbonyl (C=O) groups is 2. The molecule has 12 heteroatoms.